The Kier molecular flexibility index (Phi) is 4.36. The maximum absolute atomic E-state index is 13.4. The van der Waals surface area contributed by atoms with Gasteiger partial charge in [0.25, 0.3) is 0 Å². The minimum atomic E-state index is -0.293. The van der Waals surface area contributed by atoms with E-state index in [4.69, 9.17) is 17.3 Å². The van der Waals surface area contributed by atoms with E-state index in [2.05, 4.69) is 0 Å². The second kappa shape index (κ2) is 5.32. The summed E-state index contributed by atoms with van der Waals surface area (Å²) in [5.74, 6) is -0.293. The third kappa shape index (κ3) is 3.28. The Balaban J connectivity index is 2.54. The van der Waals surface area contributed by atoms with Gasteiger partial charge in [0.1, 0.15) is 5.82 Å². The molecule has 0 aliphatic carbocycles. The molecule has 0 aliphatic rings. The van der Waals surface area contributed by atoms with Gasteiger partial charge < -0.3 is 5.73 Å². The van der Waals surface area contributed by atoms with Crippen molar-refractivity contribution in [1.82, 2.24) is 0 Å². The molecule has 0 saturated heterocycles. The van der Waals surface area contributed by atoms with Crippen molar-refractivity contribution in [3.8, 4) is 0 Å². The van der Waals surface area contributed by atoms with Crippen LogP contribution in [0.1, 0.15) is 25.3 Å². The molecule has 1 aromatic carbocycles. The van der Waals surface area contributed by atoms with Crippen molar-refractivity contribution in [3.05, 3.63) is 34.6 Å². The summed E-state index contributed by atoms with van der Waals surface area (Å²) in [6, 6.07) is 5.28. The summed E-state index contributed by atoms with van der Waals surface area (Å²) in [4.78, 5) is 0. The minimum Gasteiger partial charge on any atom is -0.328 e. The molecule has 0 bridgehead atoms. The Morgan fingerprint density at radius 1 is 1.50 bits per heavy atom. The van der Waals surface area contributed by atoms with Crippen molar-refractivity contribution >= 4 is 11.6 Å². The summed E-state index contributed by atoms with van der Waals surface area (Å²) < 4.78 is 13.4. The van der Waals surface area contributed by atoms with Crippen LogP contribution in [0.5, 0.6) is 0 Å². The standard InChI is InChI=1S/C11H15ClFN/c1-8(14)4-2-5-9-6-3-7-10(12)11(9)13/h3,6-8H,2,4-5,14H2,1H3. The van der Waals surface area contributed by atoms with Crippen molar-refractivity contribution in [2.75, 3.05) is 0 Å². The second-order valence-corrected chi connectivity index (χ2v) is 3.99. The van der Waals surface area contributed by atoms with Crippen molar-refractivity contribution < 1.29 is 4.39 Å². The minimum absolute atomic E-state index is 0.178. The van der Waals surface area contributed by atoms with Gasteiger partial charge in [-0.25, -0.2) is 4.39 Å². The van der Waals surface area contributed by atoms with Crippen molar-refractivity contribution in [3.63, 3.8) is 0 Å². The molecule has 0 radical (unpaired) electrons. The highest BCUT2D eigenvalue weighted by atomic mass is 35.5. The lowest BCUT2D eigenvalue weighted by Crippen LogP contribution is -2.14. The van der Waals surface area contributed by atoms with Gasteiger partial charge in [-0.2, -0.15) is 0 Å². The first-order valence-electron chi connectivity index (χ1n) is 4.79. The average Bonchev–Trinajstić information content (AvgIpc) is 2.12. The summed E-state index contributed by atoms with van der Waals surface area (Å²) in [7, 11) is 0. The zero-order valence-electron chi connectivity index (χ0n) is 8.26. The van der Waals surface area contributed by atoms with Crippen LogP contribution in [-0.4, -0.2) is 6.04 Å². The van der Waals surface area contributed by atoms with Crippen molar-refractivity contribution in [2.45, 2.75) is 32.2 Å². The fourth-order valence-corrected chi connectivity index (χ4v) is 1.55. The van der Waals surface area contributed by atoms with Crippen LogP contribution in [-0.2, 0) is 6.42 Å². The first kappa shape index (κ1) is 11.5. The van der Waals surface area contributed by atoms with E-state index in [1.54, 1.807) is 18.2 Å². The van der Waals surface area contributed by atoms with Crippen molar-refractivity contribution in [2.24, 2.45) is 5.73 Å². The summed E-state index contributed by atoms with van der Waals surface area (Å²) in [5.41, 5.74) is 6.28. The first-order valence-corrected chi connectivity index (χ1v) is 5.17. The van der Waals surface area contributed by atoms with Crippen molar-refractivity contribution in [1.29, 1.82) is 0 Å². The molecule has 0 heterocycles. The zero-order chi connectivity index (χ0) is 10.6. The molecule has 1 rings (SSSR count). The lowest BCUT2D eigenvalue weighted by Gasteiger charge is -2.06. The molecule has 0 fully saturated rings. The van der Waals surface area contributed by atoms with Crippen LogP contribution in [0.25, 0.3) is 0 Å². The van der Waals surface area contributed by atoms with E-state index in [1.807, 2.05) is 6.92 Å². The molecule has 0 aliphatic heterocycles. The van der Waals surface area contributed by atoms with Gasteiger partial charge in [-0.15, -0.1) is 0 Å². The number of hydrogen-bond donors (Lipinski definition) is 1. The topological polar surface area (TPSA) is 26.0 Å². The molecule has 78 valence electrons. The largest absolute Gasteiger partial charge is 0.328 e. The van der Waals surface area contributed by atoms with Gasteiger partial charge in [0, 0.05) is 6.04 Å². The van der Waals surface area contributed by atoms with Crippen LogP contribution < -0.4 is 5.73 Å². The predicted molar refractivity (Wildman–Crippen MR) is 58.0 cm³/mol. The fraction of sp³-hybridized carbons (Fsp3) is 0.455. The Hall–Kier alpha value is -0.600. The first-order chi connectivity index (χ1) is 6.61. The molecule has 0 amide bonds. The molecule has 3 heteroatoms. The van der Waals surface area contributed by atoms with E-state index in [9.17, 15) is 4.39 Å². The number of hydrogen-bond acceptors (Lipinski definition) is 1. The van der Waals surface area contributed by atoms with E-state index in [1.165, 1.54) is 0 Å². The number of benzene rings is 1. The van der Waals surface area contributed by atoms with E-state index in [0.29, 0.717) is 12.0 Å². The van der Waals surface area contributed by atoms with Gasteiger partial charge in [0.05, 0.1) is 5.02 Å². The molecular formula is C11H15ClFN. The molecule has 0 spiro atoms. The Morgan fingerprint density at radius 2 is 2.21 bits per heavy atom. The third-order valence-corrected chi connectivity index (χ3v) is 2.43. The quantitative estimate of drug-likeness (QED) is 0.821. The molecular weight excluding hydrogens is 201 g/mol. The number of halogens is 2. The van der Waals surface area contributed by atoms with Gasteiger partial charge in [-0.05, 0) is 37.8 Å². The van der Waals surface area contributed by atoms with Crippen LogP contribution in [0.4, 0.5) is 4.39 Å². The Bertz CT molecular complexity index is 299. The van der Waals surface area contributed by atoms with Crippen LogP contribution in [0.3, 0.4) is 0 Å². The van der Waals surface area contributed by atoms with E-state index >= 15 is 0 Å². The molecule has 0 aromatic heterocycles. The Morgan fingerprint density at radius 3 is 2.86 bits per heavy atom. The number of rotatable bonds is 4. The van der Waals surface area contributed by atoms with Crippen LogP contribution in [0, 0.1) is 5.82 Å². The van der Waals surface area contributed by atoms with Gasteiger partial charge in [-0.1, -0.05) is 23.7 Å². The second-order valence-electron chi connectivity index (χ2n) is 3.58. The average molecular weight is 216 g/mol. The van der Waals surface area contributed by atoms with Crippen LogP contribution >= 0.6 is 11.6 Å². The molecule has 14 heavy (non-hydrogen) atoms. The maximum atomic E-state index is 13.4. The molecule has 1 atom stereocenters. The third-order valence-electron chi connectivity index (χ3n) is 2.14. The monoisotopic (exact) mass is 215 g/mol. The Labute approximate surface area is 89.1 Å². The number of nitrogens with two attached hydrogens (primary N) is 1. The predicted octanol–water partition coefficient (Wildman–Crippen LogP) is 3.15. The highest BCUT2D eigenvalue weighted by Gasteiger charge is 2.05. The van der Waals surface area contributed by atoms with Crippen LogP contribution in [0.15, 0.2) is 18.2 Å². The highest BCUT2D eigenvalue weighted by Crippen LogP contribution is 2.19. The van der Waals surface area contributed by atoms with Gasteiger partial charge in [0.2, 0.25) is 0 Å². The smallest absolute Gasteiger partial charge is 0.144 e. The molecule has 2 N–H and O–H groups in total. The highest BCUT2D eigenvalue weighted by molar-refractivity contribution is 6.30. The number of aryl methyl sites for hydroxylation is 1. The van der Waals surface area contributed by atoms with Gasteiger partial charge in [0.15, 0.2) is 0 Å². The summed E-state index contributed by atoms with van der Waals surface area (Å²) >= 11 is 5.66. The SMILES string of the molecule is CC(N)CCCc1cccc(Cl)c1F. The maximum Gasteiger partial charge on any atom is 0.144 e. The molecule has 1 nitrogen and oxygen atoms in total. The molecule has 1 unspecified atom stereocenters. The van der Waals surface area contributed by atoms with Gasteiger partial charge in [-0.3, -0.25) is 0 Å². The lowest BCUT2D eigenvalue weighted by atomic mass is 10.1. The van der Waals surface area contributed by atoms with E-state index in [0.717, 1.165) is 12.8 Å². The molecule has 0 saturated carbocycles. The van der Waals surface area contributed by atoms with Gasteiger partial charge >= 0.3 is 0 Å². The lowest BCUT2D eigenvalue weighted by molar-refractivity contribution is 0.583. The van der Waals surface area contributed by atoms with E-state index in [-0.39, 0.29) is 16.9 Å². The van der Waals surface area contributed by atoms with E-state index < -0.39 is 0 Å². The summed E-state index contributed by atoms with van der Waals surface area (Å²) in [6.45, 7) is 1.95. The summed E-state index contributed by atoms with van der Waals surface area (Å²) in [6.07, 6.45) is 2.51. The normalized spacial score (nSPS) is 12.9. The summed E-state index contributed by atoms with van der Waals surface area (Å²) in [5, 5.41) is 0.197. The fourth-order valence-electron chi connectivity index (χ4n) is 1.36. The molecule has 1 aromatic rings. The van der Waals surface area contributed by atoms with Crippen LogP contribution in [0.2, 0.25) is 5.02 Å². The zero-order valence-corrected chi connectivity index (χ0v) is 9.02.